The summed E-state index contributed by atoms with van der Waals surface area (Å²) in [6.07, 6.45) is 0.232. The molecule has 0 aliphatic carbocycles. The van der Waals surface area contributed by atoms with Gasteiger partial charge in [0.2, 0.25) is 12.7 Å². The van der Waals surface area contributed by atoms with Gasteiger partial charge in [-0.1, -0.05) is 17.9 Å². The molecule has 1 aliphatic heterocycles. The van der Waals surface area contributed by atoms with Gasteiger partial charge in [-0.25, -0.2) is 0 Å². The lowest BCUT2D eigenvalue weighted by Gasteiger charge is -2.09. The molecule has 7 heteroatoms. The monoisotopic (exact) mass is 383 g/mol. The SMILES string of the molecule is COc1ccc(CC(=O)NCC#CCOc2ccc3c(c2)OCO3)cc1OC. The molecule has 0 saturated heterocycles. The van der Waals surface area contributed by atoms with Crippen molar-refractivity contribution in [2.45, 2.75) is 6.42 Å². The van der Waals surface area contributed by atoms with Crippen LogP contribution in [0, 0.1) is 11.8 Å². The molecule has 0 saturated carbocycles. The van der Waals surface area contributed by atoms with Crippen molar-refractivity contribution in [3.8, 4) is 40.6 Å². The fourth-order valence-electron chi connectivity index (χ4n) is 2.58. The number of nitrogens with one attached hydrogen (secondary N) is 1. The molecule has 28 heavy (non-hydrogen) atoms. The van der Waals surface area contributed by atoms with Crippen LogP contribution in [0.1, 0.15) is 5.56 Å². The van der Waals surface area contributed by atoms with Gasteiger partial charge in [0.1, 0.15) is 12.4 Å². The normalized spacial score (nSPS) is 11.2. The van der Waals surface area contributed by atoms with Crippen molar-refractivity contribution in [3.63, 3.8) is 0 Å². The Morgan fingerprint density at radius 3 is 2.68 bits per heavy atom. The number of amides is 1. The largest absolute Gasteiger partial charge is 0.493 e. The second-order valence-electron chi connectivity index (χ2n) is 5.80. The highest BCUT2D eigenvalue weighted by Gasteiger charge is 2.13. The minimum atomic E-state index is -0.127. The summed E-state index contributed by atoms with van der Waals surface area (Å²) in [5, 5.41) is 2.75. The number of benzene rings is 2. The molecule has 7 nitrogen and oxygen atoms in total. The highest BCUT2D eigenvalue weighted by atomic mass is 16.7. The third kappa shape index (κ3) is 5.01. The lowest BCUT2D eigenvalue weighted by molar-refractivity contribution is -0.120. The second kappa shape index (κ2) is 9.42. The van der Waals surface area contributed by atoms with Gasteiger partial charge in [0.25, 0.3) is 0 Å². The molecule has 146 valence electrons. The molecule has 2 aromatic carbocycles. The minimum absolute atomic E-state index is 0.127. The van der Waals surface area contributed by atoms with Crippen LogP contribution in [-0.4, -0.2) is 40.1 Å². The Balaban J connectivity index is 1.40. The maximum absolute atomic E-state index is 12.0. The van der Waals surface area contributed by atoms with Crippen LogP contribution in [0.3, 0.4) is 0 Å². The summed E-state index contributed by atoms with van der Waals surface area (Å²) >= 11 is 0. The second-order valence-corrected chi connectivity index (χ2v) is 5.80. The van der Waals surface area contributed by atoms with E-state index < -0.39 is 0 Å². The summed E-state index contributed by atoms with van der Waals surface area (Å²) < 4.78 is 26.5. The van der Waals surface area contributed by atoms with Gasteiger partial charge >= 0.3 is 0 Å². The molecule has 1 aliphatic rings. The van der Waals surface area contributed by atoms with Crippen molar-refractivity contribution in [1.29, 1.82) is 0 Å². The molecule has 0 bridgehead atoms. The Bertz CT molecular complexity index is 899. The molecule has 1 amide bonds. The number of hydrogen-bond donors (Lipinski definition) is 1. The summed E-state index contributed by atoms with van der Waals surface area (Å²) in [6, 6.07) is 10.7. The van der Waals surface area contributed by atoms with Crippen molar-refractivity contribution in [3.05, 3.63) is 42.0 Å². The minimum Gasteiger partial charge on any atom is -0.493 e. The molecule has 1 N–H and O–H groups in total. The fourth-order valence-corrected chi connectivity index (χ4v) is 2.58. The van der Waals surface area contributed by atoms with Crippen LogP contribution in [0.2, 0.25) is 0 Å². The Morgan fingerprint density at radius 2 is 1.86 bits per heavy atom. The third-order valence-corrected chi connectivity index (χ3v) is 3.97. The number of carbonyl (C=O) groups excluding carboxylic acids is 1. The summed E-state index contributed by atoms with van der Waals surface area (Å²) in [6.45, 7) is 0.684. The molecule has 3 rings (SSSR count). The van der Waals surface area contributed by atoms with E-state index in [-0.39, 0.29) is 32.3 Å². The summed E-state index contributed by atoms with van der Waals surface area (Å²) in [5.41, 5.74) is 0.828. The van der Waals surface area contributed by atoms with E-state index >= 15 is 0 Å². The maximum Gasteiger partial charge on any atom is 0.231 e. The molecule has 0 spiro atoms. The number of hydrogen-bond acceptors (Lipinski definition) is 6. The quantitative estimate of drug-likeness (QED) is 0.739. The van der Waals surface area contributed by atoms with Crippen LogP contribution in [0.5, 0.6) is 28.7 Å². The Morgan fingerprint density at radius 1 is 1.04 bits per heavy atom. The van der Waals surface area contributed by atoms with Gasteiger partial charge in [0.15, 0.2) is 23.0 Å². The van der Waals surface area contributed by atoms with Crippen LogP contribution in [0.25, 0.3) is 0 Å². The van der Waals surface area contributed by atoms with Crippen molar-refractivity contribution < 1.29 is 28.5 Å². The highest BCUT2D eigenvalue weighted by Crippen LogP contribution is 2.35. The smallest absolute Gasteiger partial charge is 0.231 e. The van der Waals surface area contributed by atoms with Crippen LogP contribution in [0.4, 0.5) is 0 Å². The number of methoxy groups -OCH3 is 2. The van der Waals surface area contributed by atoms with E-state index in [1.54, 1.807) is 44.6 Å². The van der Waals surface area contributed by atoms with Gasteiger partial charge in [-0.3, -0.25) is 4.79 Å². The average molecular weight is 383 g/mol. The van der Waals surface area contributed by atoms with E-state index in [2.05, 4.69) is 17.2 Å². The summed E-state index contributed by atoms with van der Waals surface area (Å²) in [4.78, 5) is 12.0. The molecule has 0 aromatic heterocycles. The highest BCUT2D eigenvalue weighted by molar-refractivity contribution is 5.79. The van der Waals surface area contributed by atoms with Crippen LogP contribution in [0.15, 0.2) is 36.4 Å². The number of carbonyl (C=O) groups is 1. The van der Waals surface area contributed by atoms with Crippen LogP contribution < -0.4 is 29.0 Å². The Kier molecular flexibility index (Phi) is 6.47. The van der Waals surface area contributed by atoms with E-state index in [1.165, 1.54) is 0 Å². The van der Waals surface area contributed by atoms with Crippen molar-refractivity contribution in [1.82, 2.24) is 5.32 Å². The van der Waals surface area contributed by atoms with Crippen molar-refractivity contribution in [2.75, 3.05) is 34.2 Å². The first kappa shape index (κ1) is 19.2. The molecule has 1 heterocycles. The molecule has 0 radical (unpaired) electrons. The fraction of sp³-hybridized carbons (Fsp3) is 0.286. The Hall–Kier alpha value is -3.53. The van der Waals surface area contributed by atoms with E-state index in [9.17, 15) is 4.79 Å². The predicted molar refractivity (Wildman–Crippen MR) is 102 cm³/mol. The van der Waals surface area contributed by atoms with Gasteiger partial charge in [-0.2, -0.15) is 0 Å². The zero-order chi connectivity index (χ0) is 19.8. The van der Waals surface area contributed by atoms with Gasteiger partial charge in [0.05, 0.1) is 27.2 Å². The first-order valence-corrected chi connectivity index (χ1v) is 8.65. The van der Waals surface area contributed by atoms with E-state index in [0.717, 1.165) is 5.56 Å². The van der Waals surface area contributed by atoms with Crippen molar-refractivity contribution in [2.24, 2.45) is 0 Å². The molecular formula is C21H21NO6. The van der Waals surface area contributed by atoms with Crippen LogP contribution in [-0.2, 0) is 11.2 Å². The van der Waals surface area contributed by atoms with Gasteiger partial charge in [0, 0.05) is 6.07 Å². The van der Waals surface area contributed by atoms with E-state index in [4.69, 9.17) is 23.7 Å². The lowest BCUT2D eigenvalue weighted by Crippen LogP contribution is -2.25. The average Bonchev–Trinajstić information content (AvgIpc) is 3.18. The summed E-state index contributed by atoms with van der Waals surface area (Å²) in [5.74, 6) is 8.82. The summed E-state index contributed by atoms with van der Waals surface area (Å²) in [7, 11) is 3.13. The maximum atomic E-state index is 12.0. The first-order valence-electron chi connectivity index (χ1n) is 8.65. The van der Waals surface area contributed by atoms with Crippen LogP contribution >= 0.6 is 0 Å². The molecule has 0 unspecified atom stereocenters. The molecular weight excluding hydrogens is 362 g/mol. The van der Waals surface area contributed by atoms with Gasteiger partial charge in [-0.15, -0.1) is 0 Å². The number of ether oxygens (including phenoxy) is 5. The number of fused-ring (bicyclic) bond motifs is 1. The first-order chi connectivity index (χ1) is 13.7. The molecule has 2 aromatic rings. The number of rotatable bonds is 7. The molecule has 0 atom stereocenters. The third-order valence-electron chi connectivity index (χ3n) is 3.97. The Labute approximate surface area is 163 Å². The van der Waals surface area contributed by atoms with E-state index in [0.29, 0.717) is 28.7 Å². The van der Waals surface area contributed by atoms with Crippen molar-refractivity contribution >= 4 is 5.91 Å². The van der Waals surface area contributed by atoms with Gasteiger partial charge < -0.3 is 29.0 Å². The zero-order valence-corrected chi connectivity index (χ0v) is 15.7. The van der Waals surface area contributed by atoms with E-state index in [1.807, 2.05) is 6.07 Å². The zero-order valence-electron chi connectivity index (χ0n) is 15.7. The standard InChI is InChI=1S/C21H21NO6/c1-24-17-7-5-15(11-19(17)25-2)12-21(23)22-9-3-4-10-26-16-6-8-18-20(13-16)28-14-27-18/h5-8,11,13H,9-10,12,14H2,1-2H3,(H,22,23). The molecule has 0 fully saturated rings. The lowest BCUT2D eigenvalue weighted by atomic mass is 10.1. The predicted octanol–water partition coefficient (Wildman–Crippen LogP) is 2.17. The van der Waals surface area contributed by atoms with Gasteiger partial charge in [-0.05, 0) is 29.8 Å². The topological polar surface area (TPSA) is 75.3 Å².